The first kappa shape index (κ1) is 26.2. The Balaban J connectivity index is 1.38. The van der Waals surface area contributed by atoms with Crippen LogP contribution in [0.2, 0.25) is 0 Å². The number of carbonyl (C=O) groups is 3. The molecule has 0 radical (unpaired) electrons. The minimum absolute atomic E-state index is 0.248. The van der Waals surface area contributed by atoms with Crippen molar-refractivity contribution in [1.29, 1.82) is 0 Å². The zero-order valence-corrected chi connectivity index (χ0v) is 22.0. The summed E-state index contributed by atoms with van der Waals surface area (Å²) in [5.74, 6) is -1.75. The normalized spacial score (nSPS) is 10.8. The van der Waals surface area contributed by atoms with E-state index in [0.29, 0.717) is 28.0 Å². The van der Waals surface area contributed by atoms with Crippen molar-refractivity contribution in [2.45, 2.75) is 13.8 Å². The zero-order valence-electron chi connectivity index (χ0n) is 22.0. The van der Waals surface area contributed by atoms with Crippen LogP contribution < -0.4 is 11.1 Å². The number of nitrogens with two attached hydrogens (primary N) is 1. The number of aryl methyl sites for hydroxylation is 2. The lowest BCUT2D eigenvalue weighted by molar-refractivity contribution is -0.119. The number of nitrogens with zero attached hydrogens (tertiary/aromatic N) is 2. The van der Waals surface area contributed by atoms with Gasteiger partial charge in [0.15, 0.2) is 6.61 Å². The SMILES string of the molecule is Cc1ccc(-c2nc3ccc(C(=O)OCC(=O)Nc4ccc(C(N)=O)cc4)cc3nc2-c2ccc(C)cc2)cc1. The summed E-state index contributed by atoms with van der Waals surface area (Å²) in [7, 11) is 0. The van der Waals surface area contributed by atoms with Crippen molar-refractivity contribution >= 4 is 34.5 Å². The van der Waals surface area contributed by atoms with Gasteiger partial charge in [-0.2, -0.15) is 0 Å². The molecule has 0 saturated heterocycles. The molecule has 3 N–H and O–H groups in total. The van der Waals surface area contributed by atoms with Crippen molar-refractivity contribution in [3.8, 4) is 22.5 Å². The molecule has 8 nitrogen and oxygen atoms in total. The number of hydrogen-bond acceptors (Lipinski definition) is 6. The van der Waals surface area contributed by atoms with E-state index in [1.54, 1.807) is 18.2 Å². The fourth-order valence-corrected chi connectivity index (χ4v) is 4.14. The lowest BCUT2D eigenvalue weighted by Gasteiger charge is -2.12. The molecule has 1 heterocycles. The first-order valence-electron chi connectivity index (χ1n) is 12.6. The monoisotopic (exact) mass is 530 g/mol. The lowest BCUT2D eigenvalue weighted by atomic mass is 10.0. The number of primary amides is 1. The number of nitrogens with one attached hydrogen (secondary N) is 1. The van der Waals surface area contributed by atoms with E-state index in [0.717, 1.165) is 27.9 Å². The molecule has 1 aromatic heterocycles. The summed E-state index contributed by atoms with van der Waals surface area (Å²) in [6, 6.07) is 27.1. The Labute approximate surface area is 230 Å². The van der Waals surface area contributed by atoms with Gasteiger partial charge in [-0.1, -0.05) is 59.7 Å². The van der Waals surface area contributed by atoms with Crippen LogP contribution in [0.15, 0.2) is 91.0 Å². The molecule has 5 rings (SSSR count). The van der Waals surface area contributed by atoms with Crippen LogP contribution >= 0.6 is 0 Å². The minimum Gasteiger partial charge on any atom is -0.452 e. The summed E-state index contributed by atoms with van der Waals surface area (Å²) >= 11 is 0. The van der Waals surface area contributed by atoms with Crippen LogP contribution in [0.25, 0.3) is 33.5 Å². The van der Waals surface area contributed by atoms with Crippen molar-refractivity contribution in [1.82, 2.24) is 9.97 Å². The number of benzene rings is 4. The second-order valence-corrected chi connectivity index (χ2v) is 9.42. The van der Waals surface area contributed by atoms with E-state index >= 15 is 0 Å². The maximum atomic E-state index is 12.8. The van der Waals surface area contributed by atoms with Crippen LogP contribution in [0.4, 0.5) is 5.69 Å². The lowest BCUT2D eigenvalue weighted by Crippen LogP contribution is -2.21. The fraction of sp³-hybridized carbons (Fsp3) is 0.0938. The predicted octanol–water partition coefficient (Wildman–Crippen LogP) is 5.48. The van der Waals surface area contributed by atoms with E-state index in [4.69, 9.17) is 20.4 Å². The number of amides is 2. The predicted molar refractivity (Wildman–Crippen MR) is 154 cm³/mol. The second kappa shape index (κ2) is 11.2. The zero-order chi connectivity index (χ0) is 28.2. The summed E-state index contributed by atoms with van der Waals surface area (Å²) in [4.78, 5) is 46.1. The molecule has 0 saturated carbocycles. The number of esters is 1. The highest BCUT2D eigenvalue weighted by Crippen LogP contribution is 2.31. The molecule has 0 aliphatic carbocycles. The average Bonchev–Trinajstić information content (AvgIpc) is 2.96. The van der Waals surface area contributed by atoms with Crippen LogP contribution in [-0.4, -0.2) is 34.4 Å². The van der Waals surface area contributed by atoms with E-state index in [2.05, 4.69) is 5.32 Å². The van der Waals surface area contributed by atoms with Crippen LogP contribution in [0, 0.1) is 13.8 Å². The third-order valence-electron chi connectivity index (χ3n) is 6.34. The van der Waals surface area contributed by atoms with E-state index in [1.165, 1.54) is 24.3 Å². The molecule has 198 valence electrons. The van der Waals surface area contributed by atoms with Gasteiger partial charge >= 0.3 is 5.97 Å². The van der Waals surface area contributed by atoms with E-state index in [9.17, 15) is 14.4 Å². The summed E-state index contributed by atoms with van der Waals surface area (Å²) in [6.07, 6.45) is 0. The molecule has 0 unspecified atom stereocenters. The fourth-order valence-electron chi connectivity index (χ4n) is 4.14. The molecule has 0 aliphatic heterocycles. The highest BCUT2D eigenvalue weighted by atomic mass is 16.5. The summed E-state index contributed by atoms with van der Waals surface area (Å²) in [5, 5.41) is 2.61. The molecule has 0 bridgehead atoms. The minimum atomic E-state index is -0.664. The number of hydrogen-bond donors (Lipinski definition) is 2. The smallest absolute Gasteiger partial charge is 0.338 e. The molecule has 40 heavy (non-hydrogen) atoms. The van der Waals surface area contributed by atoms with Gasteiger partial charge in [-0.05, 0) is 56.3 Å². The molecule has 0 fully saturated rings. The largest absolute Gasteiger partial charge is 0.452 e. The molecule has 8 heteroatoms. The number of fused-ring (bicyclic) bond motifs is 1. The highest BCUT2D eigenvalue weighted by Gasteiger charge is 2.16. The average molecular weight is 531 g/mol. The van der Waals surface area contributed by atoms with Crippen LogP contribution in [0.1, 0.15) is 31.8 Å². The van der Waals surface area contributed by atoms with Crippen LogP contribution in [0.5, 0.6) is 0 Å². The van der Waals surface area contributed by atoms with Gasteiger partial charge in [-0.25, -0.2) is 14.8 Å². The standard InChI is InChI=1S/C32H26N4O4/c1-19-3-7-21(8-4-19)29-30(22-9-5-20(2)6-10-22)36-27-17-24(13-16-26(27)35-29)32(39)40-18-28(37)34-25-14-11-23(12-15-25)31(33)38/h3-17H,18H2,1-2H3,(H2,33,38)(H,34,37). The van der Waals surface area contributed by atoms with Gasteiger partial charge in [-0.15, -0.1) is 0 Å². The molecular weight excluding hydrogens is 504 g/mol. The molecule has 4 aromatic carbocycles. The molecule has 0 atom stereocenters. The van der Waals surface area contributed by atoms with Gasteiger partial charge in [0.05, 0.1) is 28.0 Å². The Bertz CT molecular complexity index is 1730. The Kier molecular flexibility index (Phi) is 7.33. The Morgan fingerprint density at radius 3 is 1.77 bits per heavy atom. The van der Waals surface area contributed by atoms with E-state index in [-0.39, 0.29) is 5.56 Å². The molecule has 5 aromatic rings. The number of rotatable bonds is 7. The van der Waals surface area contributed by atoms with Gasteiger partial charge < -0.3 is 15.8 Å². The third kappa shape index (κ3) is 5.86. The van der Waals surface area contributed by atoms with Crippen molar-refractivity contribution in [2.24, 2.45) is 5.73 Å². The van der Waals surface area contributed by atoms with E-state index in [1.807, 2.05) is 62.4 Å². The summed E-state index contributed by atoms with van der Waals surface area (Å²) in [5.41, 5.74) is 13.0. The van der Waals surface area contributed by atoms with Crippen molar-refractivity contribution in [3.05, 3.63) is 113 Å². The van der Waals surface area contributed by atoms with E-state index < -0.39 is 24.4 Å². The quantitative estimate of drug-likeness (QED) is 0.269. The van der Waals surface area contributed by atoms with Crippen molar-refractivity contribution in [3.63, 3.8) is 0 Å². The van der Waals surface area contributed by atoms with Crippen molar-refractivity contribution < 1.29 is 19.1 Å². The summed E-state index contributed by atoms with van der Waals surface area (Å²) < 4.78 is 5.23. The number of aromatic nitrogens is 2. The van der Waals surface area contributed by atoms with Gasteiger partial charge in [-0.3, -0.25) is 9.59 Å². The highest BCUT2D eigenvalue weighted by molar-refractivity contribution is 5.98. The number of carbonyl (C=O) groups excluding carboxylic acids is 3. The van der Waals surface area contributed by atoms with Gasteiger partial charge in [0, 0.05) is 22.4 Å². The number of ether oxygens (including phenoxy) is 1. The Hall–Kier alpha value is -5.37. The van der Waals surface area contributed by atoms with Gasteiger partial charge in [0.2, 0.25) is 5.91 Å². The van der Waals surface area contributed by atoms with Gasteiger partial charge in [0.25, 0.3) is 5.91 Å². The molecular formula is C32H26N4O4. The molecule has 2 amide bonds. The van der Waals surface area contributed by atoms with Gasteiger partial charge in [0.1, 0.15) is 0 Å². The maximum Gasteiger partial charge on any atom is 0.338 e. The van der Waals surface area contributed by atoms with Crippen LogP contribution in [-0.2, 0) is 9.53 Å². The number of anilines is 1. The Morgan fingerprint density at radius 1 is 0.700 bits per heavy atom. The Morgan fingerprint density at radius 2 is 1.23 bits per heavy atom. The van der Waals surface area contributed by atoms with Crippen molar-refractivity contribution in [2.75, 3.05) is 11.9 Å². The first-order chi connectivity index (χ1) is 19.3. The first-order valence-corrected chi connectivity index (χ1v) is 12.6. The summed E-state index contributed by atoms with van der Waals surface area (Å²) in [6.45, 7) is 3.57. The third-order valence-corrected chi connectivity index (χ3v) is 6.34. The van der Waals surface area contributed by atoms with Crippen LogP contribution in [0.3, 0.4) is 0 Å². The molecule has 0 spiro atoms. The second-order valence-electron chi connectivity index (χ2n) is 9.42. The topological polar surface area (TPSA) is 124 Å². The maximum absolute atomic E-state index is 12.8. The molecule has 0 aliphatic rings.